The van der Waals surface area contributed by atoms with Gasteiger partial charge in [-0.2, -0.15) is 0 Å². The molecule has 18 heavy (non-hydrogen) atoms. The minimum Gasteiger partial charge on any atom is -0.497 e. The summed E-state index contributed by atoms with van der Waals surface area (Å²) in [7, 11) is 3.60. The van der Waals surface area contributed by atoms with Gasteiger partial charge in [0.05, 0.1) is 13.5 Å². The standard InChI is InChI=1S/C14H21NO3/c1-4-12(9-14(16)17)15(2)10-11-5-7-13(18-3)8-6-11/h5-8,12H,4,9-10H2,1-3H3,(H,16,17). The van der Waals surface area contributed by atoms with E-state index >= 15 is 0 Å². The average molecular weight is 251 g/mol. The topological polar surface area (TPSA) is 49.8 Å². The predicted molar refractivity (Wildman–Crippen MR) is 70.8 cm³/mol. The molecule has 0 bridgehead atoms. The molecule has 4 nitrogen and oxygen atoms in total. The first kappa shape index (κ1) is 14.5. The highest BCUT2D eigenvalue weighted by Crippen LogP contribution is 2.15. The second-order valence-electron chi connectivity index (χ2n) is 4.42. The summed E-state index contributed by atoms with van der Waals surface area (Å²) in [4.78, 5) is 12.8. The van der Waals surface area contributed by atoms with Crippen LogP contribution in [0.4, 0.5) is 0 Å². The summed E-state index contributed by atoms with van der Waals surface area (Å²) >= 11 is 0. The summed E-state index contributed by atoms with van der Waals surface area (Å²) in [6, 6.07) is 7.92. The number of hydrogen-bond acceptors (Lipinski definition) is 3. The van der Waals surface area contributed by atoms with Gasteiger partial charge in [0, 0.05) is 12.6 Å². The van der Waals surface area contributed by atoms with Crippen molar-refractivity contribution in [1.29, 1.82) is 0 Å². The fraction of sp³-hybridized carbons (Fsp3) is 0.500. The number of rotatable bonds is 7. The molecule has 0 heterocycles. The van der Waals surface area contributed by atoms with Crippen molar-refractivity contribution in [2.24, 2.45) is 0 Å². The first-order chi connectivity index (χ1) is 8.56. The Hall–Kier alpha value is -1.55. The molecular formula is C14H21NO3. The van der Waals surface area contributed by atoms with Gasteiger partial charge in [0.1, 0.15) is 5.75 Å². The van der Waals surface area contributed by atoms with Gasteiger partial charge in [-0.15, -0.1) is 0 Å². The van der Waals surface area contributed by atoms with Crippen LogP contribution in [-0.4, -0.2) is 36.2 Å². The van der Waals surface area contributed by atoms with Crippen LogP contribution in [0, 0.1) is 0 Å². The maximum Gasteiger partial charge on any atom is 0.304 e. The number of nitrogens with zero attached hydrogens (tertiary/aromatic N) is 1. The Morgan fingerprint density at radius 1 is 1.39 bits per heavy atom. The number of aliphatic carboxylic acids is 1. The Labute approximate surface area is 108 Å². The van der Waals surface area contributed by atoms with E-state index in [-0.39, 0.29) is 12.5 Å². The number of carboxylic acid groups (broad SMARTS) is 1. The molecule has 0 saturated heterocycles. The quantitative estimate of drug-likeness (QED) is 0.808. The molecule has 1 N–H and O–H groups in total. The molecular weight excluding hydrogens is 230 g/mol. The van der Waals surface area contributed by atoms with Crippen LogP contribution in [0.5, 0.6) is 5.75 Å². The summed E-state index contributed by atoms with van der Waals surface area (Å²) in [6.07, 6.45) is 1.02. The molecule has 0 radical (unpaired) electrons. The van der Waals surface area contributed by atoms with Crippen molar-refractivity contribution in [1.82, 2.24) is 4.90 Å². The maximum atomic E-state index is 10.8. The van der Waals surface area contributed by atoms with Crippen molar-refractivity contribution in [2.45, 2.75) is 32.4 Å². The highest BCUT2D eigenvalue weighted by molar-refractivity contribution is 5.67. The van der Waals surface area contributed by atoms with E-state index in [9.17, 15) is 4.79 Å². The van der Waals surface area contributed by atoms with Crippen LogP contribution in [0.2, 0.25) is 0 Å². The summed E-state index contributed by atoms with van der Waals surface area (Å²) in [5, 5.41) is 8.86. The minimum atomic E-state index is -0.747. The van der Waals surface area contributed by atoms with Gasteiger partial charge in [0.25, 0.3) is 0 Å². The molecule has 0 amide bonds. The molecule has 100 valence electrons. The third-order valence-corrected chi connectivity index (χ3v) is 3.10. The smallest absolute Gasteiger partial charge is 0.304 e. The van der Waals surface area contributed by atoms with Crippen molar-refractivity contribution >= 4 is 5.97 Å². The van der Waals surface area contributed by atoms with Crippen LogP contribution < -0.4 is 4.74 Å². The Kier molecular flexibility index (Phi) is 5.65. The third kappa shape index (κ3) is 4.37. The Morgan fingerprint density at radius 3 is 2.44 bits per heavy atom. The molecule has 1 atom stereocenters. The number of ether oxygens (including phenoxy) is 1. The van der Waals surface area contributed by atoms with Crippen molar-refractivity contribution in [2.75, 3.05) is 14.2 Å². The van der Waals surface area contributed by atoms with E-state index in [4.69, 9.17) is 9.84 Å². The van der Waals surface area contributed by atoms with Crippen LogP contribution >= 0.6 is 0 Å². The predicted octanol–water partition coefficient (Wildman–Crippen LogP) is 2.38. The van der Waals surface area contributed by atoms with Gasteiger partial charge in [-0.25, -0.2) is 0 Å². The molecule has 0 aromatic heterocycles. The van der Waals surface area contributed by atoms with E-state index in [2.05, 4.69) is 4.90 Å². The first-order valence-electron chi connectivity index (χ1n) is 6.11. The Bertz CT molecular complexity index is 375. The summed E-state index contributed by atoms with van der Waals surface area (Å²) < 4.78 is 5.10. The van der Waals surface area contributed by atoms with Crippen LogP contribution in [-0.2, 0) is 11.3 Å². The van der Waals surface area contributed by atoms with E-state index < -0.39 is 5.97 Å². The van der Waals surface area contributed by atoms with Crippen molar-refractivity contribution < 1.29 is 14.6 Å². The van der Waals surface area contributed by atoms with E-state index in [0.717, 1.165) is 24.3 Å². The normalized spacial score (nSPS) is 12.4. The lowest BCUT2D eigenvalue weighted by atomic mass is 10.1. The minimum absolute atomic E-state index is 0.0737. The van der Waals surface area contributed by atoms with Gasteiger partial charge in [-0.05, 0) is 31.2 Å². The zero-order chi connectivity index (χ0) is 13.5. The molecule has 0 spiro atoms. The lowest BCUT2D eigenvalue weighted by Crippen LogP contribution is -2.32. The third-order valence-electron chi connectivity index (χ3n) is 3.10. The molecule has 4 heteroatoms. The van der Waals surface area contributed by atoms with Crippen LogP contribution in [0.3, 0.4) is 0 Å². The van der Waals surface area contributed by atoms with Gasteiger partial charge in [0.2, 0.25) is 0 Å². The summed E-state index contributed by atoms with van der Waals surface area (Å²) in [5.74, 6) is 0.0856. The number of methoxy groups -OCH3 is 1. The fourth-order valence-corrected chi connectivity index (χ4v) is 1.96. The molecule has 1 aromatic rings. The average Bonchev–Trinajstić information content (AvgIpc) is 2.36. The summed E-state index contributed by atoms with van der Waals surface area (Å²) in [6.45, 7) is 2.76. The number of carboxylic acids is 1. The highest BCUT2D eigenvalue weighted by Gasteiger charge is 2.16. The fourth-order valence-electron chi connectivity index (χ4n) is 1.96. The number of carbonyl (C=O) groups is 1. The Balaban J connectivity index is 2.60. The highest BCUT2D eigenvalue weighted by atomic mass is 16.5. The van der Waals surface area contributed by atoms with E-state index in [1.807, 2.05) is 38.2 Å². The second-order valence-corrected chi connectivity index (χ2v) is 4.42. The largest absolute Gasteiger partial charge is 0.497 e. The Morgan fingerprint density at radius 2 is 2.00 bits per heavy atom. The molecule has 1 rings (SSSR count). The summed E-state index contributed by atoms with van der Waals surface area (Å²) in [5.41, 5.74) is 1.15. The van der Waals surface area contributed by atoms with Crippen LogP contribution in [0.15, 0.2) is 24.3 Å². The van der Waals surface area contributed by atoms with Gasteiger partial charge < -0.3 is 9.84 Å². The van der Waals surface area contributed by atoms with Crippen molar-refractivity contribution in [3.8, 4) is 5.75 Å². The van der Waals surface area contributed by atoms with Crippen molar-refractivity contribution in [3.05, 3.63) is 29.8 Å². The van der Waals surface area contributed by atoms with Crippen LogP contribution in [0.1, 0.15) is 25.3 Å². The zero-order valence-corrected chi connectivity index (χ0v) is 11.2. The van der Waals surface area contributed by atoms with Crippen LogP contribution in [0.25, 0.3) is 0 Å². The molecule has 1 aromatic carbocycles. The molecule has 1 unspecified atom stereocenters. The van der Waals surface area contributed by atoms with E-state index in [1.54, 1.807) is 7.11 Å². The lowest BCUT2D eigenvalue weighted by molar-refractivity contribution is -0.138. The molecule has 0 aliphatic carbocycles. The monoisotopic (exact) mass is 251 g/mol. The molecule has 0 saturated carbocycles. The number of benzene rings is 1. The lowest BCUT2D eigenvalue weighted by Gasteiger charge is -2.25. The molecule has 0 fully saturated rings. The zero-order valence-electron chi connectivity index (χ0n) is 11.2. The molecule has 0 aliphatic heterocycles. The SMILES string of the molecule is CCC(CC(=O)O)N(C)Cc1ccc(OC)cc1. The van der Waals surface area contributed by atoms with E-state index in [0.29, 0.717) is 0 Å². The molecule has 0 aliphatic rings. The van der Waals surface area contributed by atoms with E-state index in [1.165, 1.54) is 0 Å². The van der Waals surface area contributed by atoms with Crippen molar-refractivity contribution in [3.63, 3.8) is 0 Å². The van der Waals surface area contributed by atoms with Gasteiger partial charge in [-0.3, -0.25) is 9.69 Å². The van der Waals surface area contributed by atoms with Gasteiger partial charge >= 0.3 is 5.97 Å². The maximum absolute atomic E-state index is 10.8. The number of hydrogen-bond donors (Lipinski definition) is 1. The van der Waals surface area contributed by atoms with Gasteiger partial charge in [0.15, 0.2) is 0 Å². The second kappa shape index (κ2) is 7.01. The van der Waals surface area contributed by atoms with Gasteiger partial charge in [-0.1, -0.05) is 19.1 Å². The first-order valence-corrected chi connectivity index (χ1v) is 6.11.